The Morgan fingerprint density at radius 3 is 2.31 bits per heavy atom. The van der Waals surface area contributed by atoms with E-state index in [-0.39, 0.29) is 11.8 Å². The highest BCUT2D eigenvalue weighted by Gasteiger charge is 2.30. The van der Waals surface area contributed by atoms with Gasteiger partial charge in [0.2, 0.25) is 5.91 Å². The Balaban J connectivity index is 1.77. The summed E-state index contributed by atoms with van der Waals surface area (Å²) in [4.78, 5) is 16.8. The van der Waals surface area contributed by atoms with Crippen molar-refractivity contribution in [1.29, 1.82) is 5.26 Å². The molecule has 0 saturated carbocycles. The van der Waals surface area contributed by atoms with Gasteiger partial charge in [-0.1, -0.05) is 26.0 Å². The molecule has 1 aromatic rings. The first-order valence-electron chi connectivity index (χ1n) is 9.16. The van der Waals surface area contributed by atoms with Crippen molar-refractivity contribution >= 4 is 5.91 Å². The Labute approximate surface area is 156 Å². The zero-order chi connectivity index (χ0) is 19.2. The number of rotatable bonds is 7. The Kier molecular flexibility index (Phi) is 7.01. The fourth-order valence-corrected chi connectivity index (χ4v) is 2.93. The number of carbonyl (C=O) groups excluding carboxylic acids is 1. The summed E-state index contributed by atoms with van der Waals surface area (Å²) in [7, 11) is 1.67. The van der Waals surface area contributed by atoms with E-state index in [4.69, 9.17) is 4.74 Å². The number of nitrogens with zero attached hydrogens (tertiary/aromatic N) is 3. The summed E-state index contributed by atoms with van der Waals surface area (Å²) in [5, 5.41) is 12.2. The van der Waals surface area contributed by atoms with Gasteiger partial charge in [-0.25, -0.2) is 0 Å². The van der Waals surface area contributed by atoms with Gasteiger partial charge >= 0.3 is 0 Å². The molecule has 26 heavy (non-hydrogen) atoms. The summed E-state index contributed by atoms with van der Waals surface area (Å²) in [6.07, 6.45) is 0. The monoisotopic (exact) mass is 358 g/mol. The van der Waals surface area contributed by atoms with E-state index in [1.165, 1.54) is 5.56 Å². The lowest BCUT2D eigenvalue weighted by molar-refractivity contribution is -0.124. The highest BCUT2D eigenvalue weighted by atomic mass is 16.5. The van der Waals surface area contributed by atoms with E-state index in [0.717, 1.165) is 38.5 Å². The SMILES string of the molecule is COc1ccc(CN2CCN(CC(=O)N[C@@](C)(C#N)C(C)C)CC2)cc1. The van der Waals surface area contributed by atoms with Crippen molar-refractivity contribution < 1.29 is 9.53 Å². The Morgan fingerprint density at radius 2 is 1.81 bits per heavy atom. The second-order valence-electron chi connectivity index (χ2n) is 7.42. The molecule has 1 amide bonds. The Hall–Kier alpha value is -2.10. The largest absolute Gasteiger partial charge is 0.497 e. The Morgan fingerprint density at radius 1 is 1.23 bits per heavy atom. The van der Waals surface area contributed by atoms with Crippen LogP contribution in [0.3, 0.4) is 0 Å². The summed E-state index contributed by atoms with van der Waals surface area (Å²) in [6, 6.07) is 10.4. The van der Waals surface area contributed by atoms with Crippen molar-refractivity contribution in [2.45, 2.75) is 32.9 Å². The van der Waals surface area contributed by atoms with Crippen molar-refractivity contribution in [1.82, 2.24) is 15.1 Å². The van der Waals surface area contributed by atoms with Gasteiger partial charge in [0.15, 0.2) is 0 Å². The molecule has 1 aromatic carbocycles. The number of amides is 1. The molecular formula is C20H30N4O2. The van der Waals surface area contributed by atoms with Crippen LogP contribution in [0.15, 0.2) is 24.3 Å². The number of ether oxygens (including phenoxy) is 1. The molecule has 0 spiro atoms. The number of methoxy groups -OCH3 is 1. The van der Waals surface area contributed by atoms with Crippen LogP contribution >= 0.6 is 0 Å². The Bertz CT molecular complexity index is 630. The van der Waals surface area contributed by atoms with Crippen LogP contribution in [0.2, 0.25) is 0 Å². The fourth-order valence-electron chi connectivity index (χ4n) is 2.93. The predicted molar refractivity (Wildman–Crippen MR) is 102 cm³/mol. The van der Waals surface area contributed by atoms with E-state index >= 15 is 0 Å². The zero-order valence-corrected chi connectivity index (χ0v) is 16.3. The second kappa shape index (κ2) is 9.02. The van der Waals surface area contributed by atoms with Crippen LogP contribution in [-0.2, 0) is 11.3 Å². The van der Waals surface area contributed by atoms with Crippen LogP contribution in [-0.4, -0.2) is 61.1 Å². The molecule has 0 unspecified atom stereocenters. The summed E-state index contributed by atoms with van der Waals surface area (Å²) in [6.45, 7) is 10.5. The molecule has 1 heterocycles. The smallest absolute Gasteiger partial charge is 0.235 e. The van der Waals surface area contributed by atoms with Gasteiger partial charge in [0.1, 0.15) is 11.3 Å². The fraction of sp³-hybridized carbons (Fsp3) is 0.600. The van der Waals surface area contributed by atoms with Gasteiger partial charge in [-0.2, -0.15) is 5.26 Å². The zero-order valence-electron chi connectivity index (χ0n) is 16.3. The number of carbonyl (C=O) groups is 1. The third-order valence-corrected chi connectivity index (χ3v) is 5.18. The van der Waals surface area contributed by atoms with Crippen molar-refractivity contribution in [3.63, 3.8) is 0 Å². The van der Waals surface area contributed by atoms with Crippen LogP contribution in [0.25, 0.3) is 0 Å². The summed E-state index contributed by atoms with van der Waals surface area (Å²) < 4.78 is 5.19. The van der Waals surface area contributed by atoms with Crippen molar-refractivity contribution in [3.05, 3.63) is 29.8 Å². The molecule has 0 aromatic heterocycles. The van der Waals surface area contributed by atoms with E-state index in [2.05, 4.69) is 33.3 Å². The second-order valence-corrected chi connectivity index (χ2v) is 7.42. The van der Waals surface area contributed by atoms with Gasteiger partial charge in [0, 0.05) is 32.7 Å². The van der Waals surface area contributed by atoms with E-state index < -0.39 is 5.54 Å². The quantitative estimate of drug-likeness (QED) is 0.806. The molecule has 1 saturated heterocycles. The average Bonchev–Trinajstić information content (AvgIpc) is 2.63. The molecule has 1 aliphatic heterocycles. The van der Waals surface area contributed by atoms with Gasteiger partial charge in [0.25, 0.3) is 0 Å². The molecule has 0 aliphatic carbocycles. The van der Waals surface area contributed by atoms with E-state index in [9.17, 15) is 10.1 Å². The minimum atomic E-state index is -0.812. The first-order chi connectivity index (χ1) is 12.4. The summed E-state index contributed by atoms with van der Waals surface area (Å²) >= 11 is 0. The number of nitrogens with one attached hydrogen (secondary N) is 1. The standard InChI is InChI=1S/C20H30N4O2/c1-16(2)20(3,15-21)22-19(25)14-24-11-9-23(10-12-24)13-17-5-7-18(26-4)8-6-17/h5-8,16H,9-14H2,1-4H3,(H,22,25)/t20-/m0/s1. The molecule has 1 N–H and O–H groups in total. The minimum Gasteiger partial charge on any atom is -0.497 e. The molecule has 1 atom stereocenters. The first-order valence-corrected chi connectivity index (χ1v) is 9.16. The lowest BCUT2D eigenvalue weighted by atomic mass is 9.90. The maximum atomic E-state index is 12.3. The van der Waals surface area contributed by atoms with Gasteiger partial charge in [-0.05, 0) is 30.5 Å². The normalized spacial score (nSPS) is 18.2. The van der Waals surface area contributed by atoms with Gasteiger partial charge < -0.3 is 10.1 Å². The summed E-state index contributed by atoms with van der Waals surface area (Å²) in [5.74, 6) is 0.861. The van der Waals surface area contributed by atoms with Crippen LogP contribution in [0.1, 0.15) is 26.3 Å². The minimum absolute atomic E-state index is 0.0674. The van der Waals surface area contributed by atoms with Gasteiger partial charge in [-0.15, -0.1) is 0 Å². The van der Waals surface area contributed by atoms with Crippen molar-refractivity contribution in [3.8, 4) is 11.8 Å². The molecule has 1 fully saturated rings. The lowest BCUT2D eigenvalue weighted by Gasteiger charge is -2.35. The first kappa shape index (κ1) is 20.2. The lowest BCUT2D eigenvalue weighted by Crippen LogP contribution is -2.54. The van der Waals surface area contributed by atoms with Crippen LogP contribution in [0.4, 0.5) is 0 Å². The van der Waals surface area contributed by atoms with Gasteiger partial charge in [-0.3, -0.25) is 14.6 Å². The molecule has 0 bridgehead atoms. The number of piperazine rings is 1. The van der Waals surface area contributed by atoms with Crippen molar-refractivity contribution in [2.75, 3.05) is 39.8 Å². The average molecular weight is 358 g/mol. The molecule has 142 valence electrons. The maximum Gasteiger partial charge on any atom is 0.235 e. The highest BCUT2D eigenvalue weighted by Crippen LogP contribution is 2.16. The van der Waals surface area contributed by atoms with Crippen LogP contribution in [0.5, 0.6) is 5.75 Å². The van der Waals surface area contributed by atoms with E-state index in [1.54, 1.807) is 14.0 Å². The third-order valence-electron chi connectivity index (χ3n) is 5.18. The van der Waals surface area contributed by atoms with E-state index in [1.807, 2.05) is 26.0 Å². The third kappa shape index (κ3) is 5.45. The molecule has 6 heteroatoms. The number of hydrogen-bond donors (Lipinski definition) is 1. The predicted octanol–water partition coefficient (Wildman–Crippen LogP) is 1.87. The number of benzene rings is 1. The molecule has 2 rings (SSSR count). The van der Waals surface area contributed by atoms with Gasteiger partial charge in [0.05, 0.1) is 19.7 Å². The number of nitriles is 1. The molecular weight excluding hydrogens is 328 g/mol. The van der Waals surface area contributed by atoms with Crippen LogP contribution in [0, 0.1) is 17.2 Å². The molecule has 1 aliphatic rings. The highest BCUT2D eigenvalue weighted by molar-refractivity contribution is 5.79. The topological polar surface area (TPSA) is 68.6 Å². The maximum absolute atomic E-state index is 12.3. The molecule has 0 radical (unpaired) electrons. The number of hydrogen-bond acceptors (Lipinski definition) is 5. The van der Waals surface area contributed by atoms with E-state index in [0.29, 0.717) is 6.54 Å². The molecule has 6 nitrogen and oxygen atoms in total. The summed E-state index contributed by atoms with van der Waals surface area (Å²) in [5.41, 5.74) is 0.450. The van der Waals surface area contributed by atoms with Crippen LogP contribution < -0.4 is 10.1 Å². The van der Waals surface area contributed by atoms with Crippen molar-refractivity contribution in [2.24, 2.45) is 5.92 Å².